The highest BCUT2D eigenvalue weighted by Gasteiger charge is 2.25. The molecule has 0 aliphatic heterocycles. The topological polar surface area (TPSA) is 113 Å². The zero-order chi connectivity index (χ0) is 14.4. The molecule has 0 radical (unpaired) electrons. The molecule has 0 aliphatic rings. The molecule has 0 bridgehead atoms. The molecule has 6 nitrogen and oxygen atoms in total. The van der Waals surface area contributed by atoms with E-state index >= 15 is 0 Å². The number of carboxylic acid groups (broad SMARTS) is 1. The number of carboxylic acids is 1. The second-order valence-electron chi connectivity index (χ2n) is 4.36. The summed E-state index contributed by atoms with van der Waals surface area (Å²) in [5.74, 6) is -1.83. The van der Waals surface area contributed by atoms with Gasteiger partial charge in [0.25, 0.3) is 0 Å². The van der Waals surface area contributed by atoms with Gasteiger partial charge >= 0.3 is 5.97 Å². The summed E-state index contributed by atoms with van der Waals surface area (Å²) in [5.41, 5.74) is 6.24. The van der Waals surface area contributed by atoms with E-state index in [1.807, 2.05) is 6.07 Å². The maximum Gasteiger partial charge on any atom is 0.326 e. The summed E-state index contributed by atoms with van der Waals surface area (Å²) in [6.07, 6.45) is -0.875. The number of aliphatic hydroxyl groups is 1. The molecule has 1 rings (SSSR count). The lowest BCUT2D eigenvalue weighted by Crippen LogP contribution is -2.52. The van der Waals surface area contributed by atoms with E-state index in [-0.39, 0.29) is 6.42 Å². The Morgan fingerprint density at radius 1 is 1.32 bits per heavy atom. The molecule has 0 spiro atoms. The summed E-state index contributed by atoms with van der Waals surface area (Å²) < 4.78 is 0. The molecular formula is C13H18N2O4. The first-order chi connectivity index (χ1) is 8.91. The van der Waals surface area contributed by atoms with Crippen LogP contribution in [0.5, 0.6) is 0 Å². The predicted octanol–water partition coefficient (Wildman–Crippen LogP) is -0.493. The van der Waals surface area contributed by atoms with E-state index in [2.05, 4.69) is 5.32 Å². The number of carbonyl (C=O) groups is 2. The molecule has 3 atom stereocenters. The van der Waals surface area contributed by atoms with Gasteiger partial charge in [0, 0.05) is 6.42 Å². The minimum atomic E-state index is -1.14. The largest absolute Gasteiger partial charge is 0.480 e. The first kappa shape index (κ1) is 15.1. The number of nitrogens with two attached hydrogens (primary N) is 1. The summed E-state index contributed by atoms with van der Waals surface area (Å²) in [7, 11) is 0. The fourth-order valence-electron chi connectivity index (χ4n) is 1.54. The smallest absolute Gasteiger partial charge is 0.326 e. The molecule has 0 aromatic heterocycles. The molecule has 0 heterocycles. The third-order valence-corrected chi connectivity index (χ3v) is 2.72. The van der Waals surface area contributed by atoms with Crippen molar-refractivity contribution in [2.45, 2.75) is 31.5 Å². The number of benzene rings is 1. The predicted molar refractivity (Wildman–Crippen MR) is 69.4 cm³/mol. The van der Waals surface area contributed by atoms with Crippen molar-refractivity contribution in [3.63, 3.8) is 0 Å². The van der Waals surface area contributed by atoms with E-state index in [0.717, 1.165) is 5.56 Å². The van der Waals surface area contributed by atoms with Crippen LogP contribution in [0.3, 0.4) is 0 Å². The Bertz CT molecular complexity index is 434. The van der Waals surface area contributed by atoms with Crippen LogP contribution in [0.1, 0.15) is 12.5 Å². The van der Waals surface area contributed by atoms with Gasteiger partial charge in [-0.05, 0) is 12.5 Å². The Morgan fingerprint density at radius 2 is 1.89 bits per heavy atom. The lowest BCUT2D eigenvalue weighted by molar-refractivity contribution is -0.142. The molecule has 1 amide bonds. The molecule has 0 fully saturated rings. The minimum Gasteiger partial charge on any atom is -0.480 e. The molecule has 0 saturated carbocycles. The molecule has 5 N–H and O–H groups in total. The van der Waals surface area contributed by atoms with Crippen molar-refractivity contribution in [1.82, 2.24) is 5.32 Å². The van der Waals surface area contributed by atoms with Gasteiger partial charge in [0.1, 0.15) is 12.1 Å². The zero-order valence-corrected chi connectivity index (χ0v) is 10.6. The number of hydrogen-bond acceptors (Lipinski definition) is 4. The molecule has 1 aromatic carbocycles. The number of aliphatic hydroxyl groups excluding tert-OH is 1. The number of hydrogen-bond donors (Lipinski definition) is 4. The zero-order valence-electron chi connectivity index (χ0n) is 10.6. The number of rotatable bonds is 6. The third-order valence-electron chi connectivity index (χ3n) is 2.72. The second-order valence-corrected chi connectivity index (χ2v) is 4.36. The highest BCUT2D eigenvalue weighted by molar-refractivity contribution is 5.87. The van der Waals surface area contributed by atoms with Crippen molar-refractivity contribution >= 4 is 11.9 Å². The van der Waals surface area contributed by atoms with Gasteiger partial charge in [0.05, 0.1) is 6.10 Å². The maximum atomic E-state index is 11.6. The Labute approximate surface area is 111 Å². The van der Waals surface area contributed by atoms with Crippen molar-refractivity contribution in [1.29, 1.82) is 0 Å². The quantitative estimate of drug-likeness (QED) is 0.555. The molecular weight excluding hydrogens is 248 g/mol. The SMILES string of the molecule is C[C@H](O)[C@@H](N)C(=O)N[C@@H](Cc1ccccc1)C(=O)O. The van der Waals surface area contributed by atoms with E-state index in [1.54, 1.807) is 24.3 Å². The lowest BCUT2D eigenvalue weighted by atomic mass is 10.1. The summed E-state index contributed by atoms with van der Waals surface area (Å²) >= 11 is 0. The molecule has 6 heteroatoms. The Kier molecular flexibility index (Phi) is 5.47. The van der Waals surface area contributed by atoms with E-state index in [1.165, 1.54) is 6.92 Å². The maximum absolute atomic E-state index is 11.6. The van der Waals surface area contributed by atoms with Crippen LogP contribution in [0.2, 0.25) is 0 Å². The molecule has 1 aromatic rings. The summed E-state index contributed by atoms with van der Waals surface area (Å²) in [4.78, 5) is 22.7. The number of amides is 1. The molecule has 0 aliphatic carbocycles. The van der Waals surface area contributed by atoms with Crippen LogP contribution >= 0.6 is 0 Å². The number of aliphatic carboxylic acids is 1. The summed E-state index contributed by atoms with van der Waals surface area (Å²) in [6, 6.07) is 6.74. The summed E-state index contributed by atoms with van der Waals surface area (Å²) in [6.45, 7) is 1.37. The number of carbonyl (C=O) groups excluding carboxylic acids is 1. The van der Waals surface area contributed by atoms with Gasteiger partial charge in [-0.1, -0.05) is 30.3 Å². The Hall–Kier alpha value is -1.92. The van der Waals surface area contributed by atoms with Crippen molar-refractivity contribution in [3.8, 4) is 0 Å². The lowest BCUT2D eigenvalue weighted by Gasteiger charge is -2.19. The van der Waals surface area contributed by atoms with E-state index in [4.69, 9.17) is 10.8 Å². The van der Waals surface area contributed by atoms with Gasteiger partial charge in [0.15, 0.2) is 0 Å². The number of nitrogens with one attached hydrogen (secondary N) is 1. The fraction of sp³-hybridized carbons (Fsp3) is 0.385. The van der Waals surface area contributed by atoms with Crippen molar-refractivity contribution in [2.75, 3.05) is 0 Å². The van der Waals surface area contributed by atoms with Crippen molar-refractivity contribution in [3.05, 3.63) is 35.9 Å². The molecule has 0 saturated heterocycles. The molecule has 0 unspecified atom stereocenters. The van der Waals surface area contributed by atoms with E-state index in [9.17, 15) is 14.7 Å². The minimum absolute atomic E-state index is 0.161. The highest BCUT2D eigenvalue weighted by Crippen LogP contribution is 2.04. The summed E-state index contributed by atoms with van der Waals surface area (Å²) in [5, 5.41) is 20.6. The third kappa shape index (κ3) is 4.69. The second kappa shape index (κ2) is 6.86. The normalized spacial score (nSPS) is 15.3. The van der Waals surface area contributed by atoms with Crippen LogP contribution in [0.15, 0.2) is 30.3 Å². The first-order valence-corrected chi connectivity index (χ1v) is 5.92. The van der Waals surface area contributed by atoms with Crippen LogP contribution in [-0.4, -0.2) is 40.3 Å². The van der Waals surface area contributed by atoms with E-state index in [0.29, 0.717) is 0 Å². The van der Waals surface area contributed by atoms with E-state index < -0.39 is 30.1 Å². The van der Waals surface area contributed by atoms with Gasteiger partial charge in [0.2, 0.25) is 5.91 Å². The van der Waals surface area contributed by atoms with Crippen LogP contribution in [0, 0.1) is 0 Å². The molecule has 19 heavy (non-hydrogen) atoms. The van der Waals surface area contributed by atoms with Gasteiger partial charge in [-0.3, -0.25) is 4.79 Å². The fourth-order valence-corrected chi connectivity index (χ4v) is 1.54. The van der Waals surface area contributed by atoms with Crippen LogP contribution < -0.4 is 11.1 Å². The van der Waals surface area contributed by atoms with Crippen molar-refractivity contribution < 1.29 is 19.8 Å². The van der Waals surface area contributed by atoms with Crippen LogP contribution in [0.4, 0.5) is 0 Å². The van der Waals surface area contributed by atoms with Gasteiger partial charge < -0.3 is 21.3 Å². The van der Waals surface area contributed by atoms with Crippen molar-refractivity contribution in [2.24, 2.45) is 5.73 Å². The van der Waals surface area contributed by atoms with Crippen LogP contribution in [-0.2, 0) is 16.0 Å². The Morgan fingerprint density at radius 3 is 2.37 bits per heavy atom. The highest BCUT2D eigenvalue weighted by atomic mass is 16.4. The van der Waals surface area contributed by atoms with Gasteiger partial charge in [-0.2, -0.15) is 0 Å². The van der Waals surface area contributed by atoms with Gasteiger partial charge in [-0.25, -0.2) is 4.79 Å². The standard InChI is InChI=1S/C13H18N2O4/c1-8(16)11(14)12(17)15-10(13(18)19)7-9-5-3-2-4-6-9/h2-6,8,10-11,16H,7,14H2,1H3,(H,15,17)(H,18,19)/t8-,10-,11+/m0/s1. The van der Waals surface area contributed by atoms with Crippen LogP contribution in [0.25, 0.3) is 0 Å². The monoisotopic (exact) mass is 266 g/mol. The average molecular weight is 266 g/mol. The van der Waals surface area contributed by atoms with Gasteiger partial charge in [-0.15, -0.1) is 0 Å². The average Bonchev–Trinajstić information content (AvgIpc) is 2.37. The Balaban J connectivity index is 2.69. The molecule has 104 valence electrons. The first-order valence-electron chi connectivity index (χ1n) is 5.92.